The highest BCUT2D eigenvalue weighted by Crippen LogP contribution is 2.18. The maximum absolute atomic E-state index is 12.6. The monoisotopic (exact) mass is 188 g/mol. The predicted octanol–water partition coefficient (Wildman–Crippen LogP) is 2.41. The standard InChI is InChI=1S/C9H7F3O/c1-5(4-13)6-2-7(10)9(12)8(11)3-6/h2-5H,1H3. The van der Waals surface area contributed by atoms with Crippen molar-refractivity contribution >= 4 is 6.29 Å². The van der Waals surface area contributed by atoms with Crippen molar-refractivity contribution in [3.05, 3.63) is 35.1 Å². The number of rotatable bonds is 2. The molecule has 1 unspecified atom stereocenters. The first kappa shape index (κ1) is 9.77. The highest BCUT2D eigenvalue weighted by molar-refractivity contribution is 5.61. The zero-order valence-corrected chi connectivity index (χ0v) is 6.85. The summed E-state index contributed by atoms with van der Waals surface area (Å²) in [5.74, 6) is -4.70. The van der Waals surface area contributed by atoms with Gasteiger partial charge < -0.3 is 4.79 Å². The normalized spacial score (nSPS) is 12.6. The molecule has 1 rings (SSSR count). The highest BCUT2D eigenvalue weighted by Gasteiger charge is 2.13. The molecule has 1 atom stereocenters. The second-order valence-corrected chi connectivity index (χ2v) is 2.72. The molecule has 0 aliphatic carbocycles. The van der Waals surface area contributed by atoms with Gasteiger partial charge in [0.2, 0.25) is 0 Å². The molecule has 0 saturated heterocycles. The fraction of sp³-hybridized carbons (Fsp3) is 0.222. The van der Waals surface area contributed by atoms with Crippen molar-refractivity contribution in [1.29, 1.82) is 0 Å². The molecule has 0 radical (unpaired) electrons. The number of benzene rings is 1. The molecule has 0 amide bonds. The maximum atomic E-state index is 12.6. The molecule has 0 spiro atoms. The molecule has 4 heteroatoms. The van der Waals surface area contributed by atoms with Crippen LogP contribution in [0.2, 0.25) is 0 Å². The van der Waals surface area contributed by atoms with E-state index in [-0.39, 0.29) is 5.56 Å². The third-order valence-electron chi connectivity index (χ3n) is 1.74. The van der Waals surface area contributed by atoms with Crippen molar-refractivity contribution in [2.24, 2.45) is 0 Å². The zero-order valence-electron chi connectivity index (χ0n) is 6.85. The first-order valence-corrected chi connectivity index (χ1v) is 3.66. The smallest absolute Gasteiger partial charge is 0.194 e. The Bertz CT molecular complexity index is 313. The third-order valence-corrected chi connectivity index (χ3v) is 1.74. The Morgan fingerprint density at radius 2 is 1.69 bits per heavy atom. The highest BCUT2D eigenvalue weighted by atomic mass is 19.2. The molecule has 0 fully saturated rings. The summed E-state index contributed by atoms with van der Waals surface area (Å²) in [6.07, 6.45) is 0.534. The van der Waals surface area contributed by atoms with Gasteiger partial charge in [-0.25, -0.2) is 13.2 Å². The van der Waals surface area contributed by atoms with Gasteiger partial charge in [0.15, 0.2) is 17.5 Å². The zero-order chi connectivity index (χ0) is 10.0. The van der Waals surface area contributed by atoms with E-state index in [9.17, 15) is 18.0 Å². The Hall–Kier alpha value is -1.32. The minimum absolute atomic E-state index is 0.131. The van der Waals surface area contributed by atoms with Gasteiger partial charge >= 0.3 is 0 Å². The molecule has 0 aromatic heterocycles. The molecule has 1 aromatic carbocycles. The van der Waals surface area contributed by atoms with Gasteiger partial charge in [0.1, 0.15) is 6.29 Å². The summed E-state index contributed by atoms with van der Waals surface area (Å²) < 4.78 is 37.7. The molecule has 0 heterocycles. The van der Waals surface area contributed by atoms with Crippen LogP contribution in [0.15, 0.2) is 12.1 Å². The minimum atomic E-state index is -1.51. The van der Waals surface area contributed by atoms with Gasteiger partial charge in [-0.15, -0.1) is 0 Å². The van der Waals surface area contributed by atoms with Crippen molar-refractivity contribution in [1.82, 2.24) is 0 Å². The largest absolute Gasteiger partial charge is 0.303 e. The lowest BCUT2D eigenvalue weighted by molar-refractivity contribution is -0.108. The van der Waals surface area contributed by atoms with Crippen LogP contribution in [0.4, 0.5) is 13.2 Å². The molecule has 1 nitrogen and oxygen atoms in total. The van der Waals surface area contributed by atoms with Crippen LogP contribution < -0.4 is 0 Å². The number of carbonyl (C=O) groups is 1. The quantitative estimate of drug-likeness (QED) is 0.514. The minimum Gasteiger partial charge on any atom is -0.303 e. The van der Waals surface area contributed by atoms with Gasteiger partial charge in [-0.2, -0.15) is 0 Å². The van der Waals surface area contributed by atoms with Crippen LogP contribution in [0.25, 0.3) is 0 Å². The molecule has 0 N–H and O–H groups in total. The van der Waals surface area contributed by atoms with E-state index in [1.54, 1.807) is 0 Å². The summed E-state index contributed by atoms with van der Waals surface area (Å²) in [5, 5.41) is 0. The number of hydrogen-bond donors (Lipinski definition) is 0. The lowest BCUT2D eigenvalue weighted by Crippen LogP contribution is -1.99. The summed E-state index contributed by atoms with van der Waals surface area (Å²) in [5.41, 5.74) is 0.131. The number of halogens is 3. The van der Waals surface area contributed by atoms with Gasteiger partial charge in [-0.1, -0.05) is 6.92 Å². The van der Waals surface area contributed by atoms with Crippen molar-refractivity contribution in [3.8, 4) is 0 Å². The molecular formula is C9H7F3O. The molecule has 1 aromatic rings. The van der Waals surface area contributed by atoms with Crippen LogP contribution >= 0.6 is 0 Å². The van der Waals surface area contributed by atoms with E-state index in [1.165, 1.54) is 6.92 Å². The van der Waals surface area contributed by atoms with Crippen molar-refractivity contribution in [2.45, 2.75) is 12.8 Å². The molecule has 70 valence electrons. The summed E-state index contributed by atoms with van der Waals surface area (Å²) in [6, 6.07) is 1.63. The second kappa shape index (κ2) is 3.60. The SMILES string of the molecule is CC(C=O)c1cc(F)c(F)c(F)c1. The summed E-state index contributed by atoms with van der Waals surface area (Å²) in [6.45, 7) is 1.47. The van der Waals surface area contributed by atoms with Crippen molar-refractivity contribution in [2.75, 3.05) is 0 Å². The van der Waals surface area contributed by atoms with Crippen LogP contribution in [-0.2, 0) is 4.79 Å². The third kappa shape index (κ3) is 1.88. The Labute approximate surface area is 73.2 Å². The van der Waals surface area contributed by atoms with Crippen LogP contribution in [0.3, 0.4) is 0 Å². The Morgan fingerprint density at radius 1 is 1.23 bits per heavy atom. The van der Waals surface area contributed by atoms with Crippen LogP contribution in [0, 0.1) is 17.5 Å². The summed E-state index contributed by atoms with van der Waals surface area (Å²) in [4.78, 5) is 10.3. The summed E-state index contributed by atoms with van der Waals surface area (Å²) in [7, 11) is 0. The number of aldehydes is 1. The fourth-order valence-electron chi connectivity index (χ4n) is 0.917. The predicted molar refractivity (Wildman–Crippen MR) is 40.8 cm³/mol. The molecule has 13 heavy (non-hydrogen) atoms. The van der Waals surface area contributed by atoms with E-state index in [0.29, 0.717) is 6.29 Å². The van der Waals surface area contributed by atoms with Crippen molar-refractivity contribution < 1.29 is 18.0 Å². The average Bonchev–Trinajstić information content (AvgIpc) is 2.12. The van der Waals surface area contributed by atoms with E-state index in [1.807, 2.05) is 0 Å². The van der Waals surface area contributed by atoms with Gasteiger partial charge in [0.25, 0.3) is 0 Å². The van der Waals surface area contributed by atoms with Crippen LogP contribution in [-0.4, -0.2) is 6.29 Å². The van der Waals surface area contributed by atoms with Crippen LogP contribution in [0.1, 0.15) is 18.4 Å². The number of hydrogen-bond acceptors (Lipinski definition) is 1. The van der Waals surface area contributed by atoms with E-state index in [2.05, 4.69) is 0 Å². The van der Waals surface area contributed by atoms with Crippen molar-refractivity contribution in [3.63, 3.8) is 0 Å². The van der Waals surface area contributed by atoms with Gasteiger partial charge in [0.05, 0.1) is 0 Å². The first-order chi connectivity index (χ1) is 6.06. The van der Waals surface area contributed by atoms with Gasteiger partial charge in [-0.05, 0) is 17.7 Å². The Balaban J connectivity index is 3.20. The lowest BCUT2D eigenvalue weighted by Gasteiger charge is -2.04. The molecular weight excluding hydrogens is 181 g/mol. The molecule has 0 bridgehead atoms. The topological polar surface area (TPSA) is 17.1 Å². The van der Waals surface area contributed by atoms with Gasteiger partial charge in [0, 0.05) is 5.92 Å². The van der Waals surface area contributed by atoms with Crippen LogP contribution in [0.5, 0.6) is 0 Å². The van der Waals surface area contributed by atoms with E-state index >= 15 is 0 Å². The number of carbonyl (C=O) groups excluding carboxylic acids is 1. The van der Waals surface area contributed by atoms with Gasteiger partial charge in [-0.3, -0.25) is 0 Å². The molecule has 0 saturated carbocycles. The van der Waals surface area contributed by atoms with E-state index < -0.39 is 23.4 Å². The Kier molecular flexibility index (Phi) is 2.70. The maximum Gasteiger partial charge on any atom is 0.194 e. The van der Waals surface area contributed by atoms with E-state index in [4.69, 9.17) is 0 Å². The molecule has 0 aliphatic rings. The second-order valence-electron chi connectivity index (χ2n) is 2.72. The first-order valence-electron chi connectivity index (χ1n) is 3.66. The summed E-state index contributed by atoms with van der Waals surface area (Å²) >= 11 is 0. The Morgan fingerprint density at radius 3 is 2.08 bits per heavy atom. The van der Waals surface area contributed by atoms with E-state index in [0.717, 1.165) is 12.1 Å². The fourth-order valence-corrected chi connectivity index (χ4v) is 0.917. The molecule has 0 aliphatic heterocycles. The average molecular weight is 188 g/mol. The lowest BCUT2D eigenvalue weighted by atomic mass is 10.0.